The normalized spacial score (nSPS) is 10.9. The molecule has 0 bridgehead atoms. The molecule has 0 radical (unpaired) electrons. The Morgan fingerprint density at radius 2 is 1.00 bits per heavy atom. The largest absolute Gasteiger partial charge is 0.255 e. The first-order valence-electron chi connectivity index (χ1n) is 11.1. The second kappa shape index (κ2) is 9.88. The highest BCUT2D eigenvalue weighted by Crippen LogP contribution is 2.29. The van der Waals surface area contributed by atoms with E-state index in [0.29, 0.717) is 0 Å². The first kappa shape index (κ1) is 21.2. The lowest BCUT2D eigenvalue weighted by Crippen LogP contribution is -1.93. The summed E-state index contributed by atoms with van der Waals surface area (Å²) in [7, 11) is 0. The zero-order valence-corrected chi connectivity index (χ0v) is 18.7. The van der Waals surface area contributed by atoms with E-state index in [1.807, 2.05) is 42.5 Å². The number of benzene rings is 2. The minimum atomic E-state index is 0.825. The second-order valence-corrected chi connectivity index (χ2v) is 7.88. The molecule has 3 nitrogen and oxygen atoms in total. The van der Waals surface area contributed by atoms with Crippen molar-refractivity contribution < 1.29 is 0 Å². The Bertz CT molecular complexity index is 1360. The lowest BCUT2D eigenvalue weighted by molar-refractivity contribution is 1.22. The molecule has 3 aromatic heterocycles. The van der Waals surface area contributed by atoms with Gasteiger partial charge < -0.3 is 0 Å². The van der Waals surface area contributed by atoms with Crippen LogP contribution in [0.15, 0.2) is 116 Å². The molecular formula is C31H23N3. The summed E-state index contributed by atoms with van der Waals surface area (Å²) in [5.41, 5.74) is 8.93. The van der Waals surface area contributed by atoms with Crippen molar-refractivity contribution in [3.05, 3.63) is 133 Å². The van der Waals surface area contributed by atoms with Crippen LogP contribution in [0, 0.1) is 0 Å². The average Bonchev–Trinajstić information content (AvgIpc) is 2.93. The summed E-state index contributed by atoms with van der Waals surface area (Å²) in [4.78, 5) is 13.8. The summed E-state index contributed by atoms with van der Waals surface area (Å²) in [6, 6.07) is 32.8. The van der Waals surface area contributed by atoms with E-state index in [2.05, 4.69) is 89.4 Å². The molecule has 0 saturated carbocycles. The lowest BCUT2D eigenvalue weighted by atomic mass is 10.0. The fraction of sp³-hybridized carbons (Fsp3) is 0. The zero-order valence-electron chi connectivity index (χ0n) is 18.7. The molecule has 0 N–H and O–H groups in total. The molecule has 0 fully saturated rings. The number of hydrogen-bond donors (Lipinski definition) is 0. The van der Waals surface area contributed by atoms with Gasteiger partial charge >= 0.3 is 0 Å². The van der Waals surface area contributed by atoms with Crippen molar-refractivity contribution in [3.8, 4) is 33.9 Å². The second-order valence-electron chi connectivity index (χ2n) is 7.88. The molecule has 5 rings (SSSR count). The van der Waals surface area contributed by atoms with Crippen LogP contribution >= 0.6 is 0 Å². The van der Waals surface area contributed by atoms with Gasteiger partial charge in [0, 0.05) is 12.4 Å². The van der Waals surface area contributed by atoms with Crippen molar-refractivity contribution in [1.29, 1.82) is 0 Å². The third kappa shape index (κ3) is 4.89. The van der Waals surface area contributed by atoms with E-state index >= 15 is 0 Å². The Kier molecular flexibility index (Phi) is 6.17. The van der Waals surface area contributed by atoms with Crippen LogP contribution in [0.1, 0.15) is 16.7 Å². The predicted molar refractivity (Wildman–Crippen MR) is 142 cm³/mol. The van der Waals surface area contributed by atoms with E-state index in [9.17, 15) is 0 Å². The summed E-state index contributed by atoms with van der Waals surface area (Å²) >= 11 is 0. The van der Waals surface area contributed by atoms with Gasteiger partial charge in [0.2, 0.25) is 0 Å². The number of aromatic nitrogens is 3. The lowest BCUT2D eigenvalue weighted by Gasteiger charge is -2.09. The van der Waals surface area contributed by atoms with Crippen molar-refractivity contribution in [3.63, 3.8) is 0 Å². The van der Waals surface area contributed by atoms with Gasteiger partial charge in [-0.2, -0.15) is 0 Å². The van der Waals surface area contributed by atoms with E-state index in [-0.39, 0.29) is 0 Å². The van der Waals surface area contributed by atoms with Crippen LogP contribution in [0.3, 0.4) is 0 Å². The molecule has 0 aliphatic carbocycles. The fourth-order valence-electron chi connectivity index (χ4n) is 3.71. The average molecular weight is 438 g/mol. The summed E-state index contributed by atoms with van der Waals surface area (Å²) in [5, 5.41) is 0. The molecule has 0 spiro atoms. The van der Waals surface area contributed by atoms with E-state index in [1.54, 1.807) is 12.4 Å². The van der Waals surface area contributed by atoms with E-state index < -0.39 is 0 Å². The van der Waals surface area contributed by atoms with Crippen molar-refractivity contribution in [1.82, 2.24) is 15.0 Å². The van der Waals surface area contributed by atoms with Gasteiger partial charge in [-0.05, 0) is 64.2 Å². The first-order valence-corrected chi connectivity index (χ1v) is 11.1. The van der Waals surface area contributed by atoms with Gasteiger partial charge in [0.15, 0.2) is 0 Å². The van der Waals surface area contributed by atoms with Gasteiger partial charge in [-0.25, -0.2) is 4.98 Å². The molecule has 2 aromatic carbocycles. The summed E-state index contributed by atoms with van der Waals surface area (Å²) in [6.07, 6.45) is 9.67. The van der Waals surface area contributed by atoms with Crippen molar-refractivity contribution >= 4 is 18.2 Å². The minimum Gasteiger partial charge on any atom is -0.255 e. The summed E-state index contributed by atoms with van der Waals surface area (Å²) in [6.45, 7) is 3.80. The summed E-state index contributed by atoms with van der Waals surface area (Å²) in [5.74, 6) is 0. The van der Waals surface area contributed by atoms with Crippen LogP contribution in [-0.2, 0) is 0 Å². The van der Waals surface area contributed by atoms with Gasteiger partial charge in [-0.15, -0.1) is 0 Å². The summed E-state index contributed by atoms with van der Waals surface area (Å²) < 4.78 is 0. The smallest absolute Gasteiger partial charge is 0.0900 e. The molecule has 5 aromatic rings. The minimum absolute atomic E-state index is 0.825. The Balaban J connectivity index is 1.47. The zero-order chi connectivity index (χ0) is 23.2. The van der Waals surface area contributed by atoms with E-state index in [0.717, 1.165) is 50.6 Å². The van der Waals surface area contributed by atoms with Gasteiger partial charge in [-0.1, -0.05) is 85.5 Å². The SMILES string of the molecule is C=Cc1ccc(/C=C/c2ccc(-c3cc(-c4ccccn4)nc(-c4ccccn4)c3)cc2)cc1. The van der Waals surface area contributed by atoms with Crippen molar-refractivity contribution in [2.75, 3.05) is 0 Å². The van der Waals surface area contributed by atoms with E-state index in [1.165, 1.54) is 0 Å². The number of pyridine rings is 3. The molecular weight excluding hydrogens is 414 g/mol. The molecule has 162 valence electrons. The Hall–Kier alpha value is -4.63. The highest BCUT2D eigenvalue weighted by molar-refractivity contribution is 5.76. The van der Waals surface area contributed by atoms with Gasteiger partial charge in [0.25, 0.3) is 0 Å². The highest BCUT2D eigenvalue weighted by Gasteiger charge is 2.10. The van der Waals surface area contributed by atoms with Crippen LogP contribution in [-0.4, -0.2) is 15.0 Å². The first-order chi connectivity index (χ1) is 16.8. The monoisotopic (exact) mass is 437 g/mol. The van der Waals surface area contributed by atoms with Crippen LogP contribution in [0.2, 0.25) is 0 Å². The molecule has 0 atom stereocenters. The molecule has 0 aliphatic heterocycles. The Labute approximate surface area is 199 Å². The topological polar surface area (TPSA) is 38.7 Å². The predicted octanol–water partition coefficient (Wildman–Crippen LogP) is 7.69. The van der Waals surface area contributed by atoms with Crippen molar-refractivity contribution in [2.45, 2.75) is 0 Å². The van der Waals surface area contributed by atoms with Crippen LogP contribution in [0.25, 0.3) is 52.1 Å². The van der Waals surface area contributed by atoms with Gasteiger partial charge in [0.05, 0.1) is 22.8 Å². The number of rotatable bonds is 6. The van der Waals surface area contributed by atoms with Crippen molar-refractivity contribution in [2.24, 2.45) is 0 Å². The highest BCUT2D eigenvalue weighted by atomic mass is 14.8. The molecule has 3 heterocycles. The quantitative estimate of drug-likeness (QED) is 0.256. The van der Waals surface area contributed by atoms with E-state index in [4.69, 9.17) is 4.98 Å². The van der Waals surface area contributed by atoms with Crippen LogP contribution < -0.4 is 0 Å². The third-order valence-electron chi connectivity index (χ3n) is 5.56. The maximum absolute atomic E-state index is 4.85. The maximum atomic E-state index is 4.85. The fourth-order valence-corrected chi connectivity index (χ4v) is 3.71. The molecule has 0 amide bonds. The maximum Gasteiger partial charge on any atom is 0.0900 e. The Morgan fingerprint density at radius 3 is 1.47 bits per heavy atom. The van der Waals surface area contributed by atoms with Crippen LogP contribution in [0.4, 0.5) is 0 Å². The standard InChI is InChI=1S/C31H23N3/c1-2-23-9-11-24(12-10-23)13-14-25-15-17-26(18-16-25)27-21-30(28-7-3-5-19-32-28)34-31(22-27)29-8-4-6-20-33-29/h2-22H,1H2/b14-13+. The van der Waals surface area contributed by atoms with Gasteiger partial charge in [0.1, 0.15) is 0 Å². The van der Waals surface area contributed by atoms with Gasteiger partial charge in [-0.3, -0.25) is 9.97 Å². The molecule has 34 heavy (non-hydrogen) atoms. The Morgan fingerprint density at radius 1 is 0.500 bits per heavy atom. The van der Waals surface area contributed by atoms with Crippen LogP contribution in [0.5, 0.6) is 0 Å². The third-order valence-corrected chi connectivity index (χ3v) is 5.56. The number of hydrogen-bond acceptors (Lipinski definition) is 3. The molecule has 0 saturated heterocycles. The molecule has 0 unspecified atom stereocenters. The molecule has 3 heteroatoms. The number of nitrogens with zero attached hydrogens (tertiary/aromatic N) is 3. The molecule has 0 aliphatic rings.